The fourth-order valence-electron chi connectivity index (χ4n) is 3.21. The Labute approximate surface area is 165 Å². The number of rotatable bonds is 4. The minimum atomic E-state index is -0.588. The van der Waals surface area contributed by atoms with Gasteiger partial charge in [-0.15, -0.1) is 0 Å². The van der Waals surface area contributed by atoms with Crippen molar-refractivity contribution in [2.75, 3.05) is 18.0 Å². The number of cyclic esters (lactones) is 1. The van der Waals surface area contributed by atoms with E-state index in [-0.39, 0.29) is 24.7 Å². The van der Waals surface area contributed by atoms with Crippen LogP contribution in [-0.4, -0.2) is 40.6 Å². The second-order valence-electron chi connectivity index (χ2n) is 6.64. The monoisotopic (exact) mass is 393 g/mol. The Morgan fingerprint density at radius 3 is 2.97 bits per heavy atom. The molecule has 1 aromatic carbocycles. The number of nitriles is 1. The summed E-state index contributed by atoms with van der Waals surface area (Å²) in [7, 11) is 0. The van der Waals surface area contributed by atoms with Crippen molar-refractivity contribution >= 4 is 23.3 Å². The number of hydrogen-bond donors (Lipinski definition) is 1. The molecule has 1 atom stereocenters. The zero-order valence-corrected chi connectivity index (χ0v) is 15.4. The SMILES string of the molecule is CC(=O)NC[C@H]1CN(c2ccc(-c3ccn4cc(C#N)nc4c3)c(F)c2)C(=O)O1. The van der Waals surface area contributed by atoms with Gasteiger partial charge in [0.05, 0.1) is 18.8 Å². The molecule has 0 spiro atoms. The molecule has 146 valence electrons. The van der Waals surface area contributed by atoms with Gasteiger partial charge in [0.2, 0.25) is 5.91 Å². The highest BCUT2D eigenvalue weighted by Gasteiger charge is 2.32. The number of anilines is 1. The molecule has 4 rings (SSSR count). The maximum Gasteiger partial charge on any atom is 0.414 e. The molecule has 0 bridgehead atoms. The summed E-state index contributed by atoms with van der Waals surface area (Å²) in [5, 5.41) is 11.6. The molecule has 1 aliphatic heterocycles. The fraction of sp³-hybridized carbons (Fsp3) is 0.200. The first-order valence-electron chi connectivity index (χ1n) is 8.86. The highest BCUT2D eigenvalue weighted by atomic mass is 19.1. The van der Waals surface area contributed by atoms with Gasteiger partial charge in [-0.25, -0.2) is 14.2 Å². The standard InChI is InChI=1S/C20H16FN5O3/c1-12(27)23-9-16-11-26(20(28)29-16)15-2-3-17(18(21)7-15)13-4-5-25-10-14(8-22)24-19(25)6-13/h2-7,10,16H,9,11H2,1H3,(H,23,27)/t16-/m0/s1. The first-order valence-corrected chi connectivity index (χ1v) is 8.86. The van der Waals surface area contributed by atoms with E-state index < -0.39 is 18.0 Å². The molecule has 8 nitrogen and oxygen atoms in total. The number of nitrogens with zero attached hydrogens (tertiary/aromatic N) is 4. The second-order valence-corrected chi connectivity index (χ2v) is 6.64. The summed E-state index contributed by atoms with van der Waals surface area (Å²) in [4.78, 5) is 28.6. The molecule has 1 N–H and O–H groups in total. The molecule has 29 heavy (non-hydrogen) atoms. The molecule has 3 aromatic rings. The van der Waals surface area contributed by atoms with Crippen molar-refractivity contribution in [3.63, 3.8) is 0 Å². The van der Waals surface area contributed by atoms with Crippen LogP contribution in [0.4, 0.5) is 14.9 Å². The summed E-state index contributed by atoms with van der Waals surface area (Å²) in [5.74, 6) is -0.719. The smallest absolute Gasteiger partial charge is 0.414 e. The van der Waals surface area contributed by atoms with E-state index >= 15 is 0 Å². The number of amides is 2. The number of ether oxygens (including phenoxy) is 1. The van der Waals surface area contributed by atoms with E-state index in [2.05, 4.69) is 10.3 Å². The van der Waals surface area contributed by atoms with Crippen molar-refractivity contribution < 1.29 is 18.7 Å². The third-order valence-electron chi connectivity index (χ3n) is 4.60. The molecular formula is C20H16FN5O3. The molecule has 1 fully saturated rings. The minimum absolute atomic E-state index is 0.202. The van der Waals surface area contributed by atoms with Crippen LogP contribution in [0.3, 0.4) is 0 Å². The van der Waals surface area contributed by atoms with E-state index in [4.69, 9.17) is 10.00 Å². The summed E-state index contributed by atoms with van der Waals surface area (Å²) in [5.41, 5.74) is 2.13. The van der Waals surface area contributed by atoms with Gasteiger partial charge in [-0.05, 0) is 35.9 Å². The Balaban J connectivity index is 1.57. The lowest BCUT2D eigenvalue weighted by Gasteiger charge is -2.14. The molecule has 0 radical (unpaired) electrons. The number of halogens is 1. The molecule has 1 aliphatic rings. The van der Waals surface area contributed by atoms with Crippen molar-refractivity contribution in [2.24, 2.45) is 0 Å². The van der Waals surface area contributed by atoms with Crippen LogP contribution in [0.15, 0.2) is 42.7 Å². The zero-order chi connectivity index (χ0) is 20.5. The van der Waals surface area contributed by atoms with E-state index in [0.717, 1.165) is 0 Å². The summed E-state index contributed by atoms with van der Waals surface area (Å²) in [6, 6.07) is 9.87. The minimum Gasteiger partial charge on any atom is -0.442 e. The Bertz CT molecular complexity index is 1170. The normalized spacial score (nSPS) is 16.0. The number of nitrogens with one attached hydrogen (secondary N) is 1. The number of carbonyl (C=O) groups excluding carboxylic acids is 2. The van der Waals surface area contributed by atoms with E-state index in [1.165, 1.54) is 17.9 Å². The number of carbonyl (C=O) groups is 2. The van der Waals surface area contributed by atoms with Crippen LogP contribution in [0.1, 0.15) is 12.6 Å². The van der Waals surface area contributed by atoms with Crippen LogP contribution >= 0.6 is 0 Å². The first kappa shape index (κ1) is 18.4. The number of imidazole rings is 1. The van der Waals surface area contributed by atoms with Crippen LogP contribution in [0.25, 0.3) is 16.8 Å². The highest BCUT2D eigenvalue weighted by molar-refractivity contribution is 5.90. The lowest BCUT2D eigenvalue weighted by molar-refractivity contribution is -0.119. The van der Waals surface area contributed by atoms with Crippen molar-refractivity contribution in [1.29, 1.82) is 5.26 Å². The van der Waals surface area contributed by atoms with Crippen LogP contribution in [-0.2, 0) is 9.53 Å². The fourth-order valence-corrected chi connectivity index (χ4v) is 3.21. The van der Waals surface area contributed by atoms with E-state index in [1.807, 2.05) is 6.07 Å². The van der Waals surface area contributed by atoms with E-state index in [9.17, 15) is 14.0 Å². The van der Waals surface area contributed by atoms with E-state index in [1.54, 1.807) is 41.1 Å². The molecule has 0 unspecified atom stereocenters. The topological polar surface area (TPSA) is 99.7 Å². The predicted molar refractivity (Wildman–Crippen MR) is 102 cm³/mol. The summed E-state index contributed by atoms with van der Waals surface area (Å²) in [6.45, 7) is 1.80. The molecule has 0 aliphatic carbocycles. The van der Waals surface area contributed by atoms with Gasteiger partial charge in [-0.2, -0.15) is 5.26 Å². The molecule has 9 heteroatoms. The second kappa shape index (κ2) is 7.24. The Kier molecular flexibility index (Phi) is 4.60. The molecular weight excluding hydrogens is 377 g/mol. The molecule has 1 saturated heterocycles. The van der Waals surface area contributed by atoms with Gasteiger partial charge >= 0.3 is 6.09 Å². The Morgan fingerprint density at radius 2 is 2.24 bits per heavy atom. The lowest BCUT2D eigenvalue weighted by Crippen LogP contribution is -2.33. The largest absolute Gasteiger partial charge is 0.442 e. The summed E-state index contributed by atoms with van der Waals surface area (Å²) < 4.78 is 21.7. The lowest BCUT2D eigenvalue weighted by atomic mass is 10.1. The first-order chi connectivity index (χ1) is 13.9. The molecule has 3 heterocycles. The number of fused-ring (bicyclic) bond motifs is 1. The van der Waals surface area contributed by atoms with Crippen LogP contribution in [0, 0.1) is 17.1 Å². The van der Waals surface area contributed by atoms with E-state index in [0.29, 0.717) is 22.5 Å². The number of hydrogen-bond acceptors (Lipinski definition) is 5. The van der Waals surface area contributed by atoms with Crippen molar-refractivity contribution in [3.8, 4) is 17.2 Å². The third-order valence-corrected chi connectivity index (χ3v) is 4.60. The molecule has 2 aromatic heterocycles. The van der Waals surface area contributed by atoms with Gasteiger partial charge in [0.25, 0.3) is 0 Å². The third kappa shape index (κ3) is 3.60. The number of aromatic nitrogens is 2. The Hall–Kier alpha value is -3.93. The summed E-state index contributed by atoms with van der Waals surface area (Å²) >= 11 is 0. The van der Waals surface area contributed by atoms with Crippen molar-refractivity contribution in [1.82, 2.24) is 14.7 Å². The van der Waals surface area contributed by atoms with Gasteiger partial charge in [-0.3, -0.25) is 9.69 Å². The summed E-state index contributed by atoms with van der Waals surface area (Å²) in [6.07, 6.45) is 2.22. The highest BCUT2D eigenvalue weighted by Crippen LogP contribution is 2.29. The van der Waals surface area contributed by atoms with Crippen LogP contribution < -0.4 is 10.2 Å². The van der Waals surface area contributed by atoms with Gasteiger partial charge in [0.15, 0.2) is 5.69 Å². The van der Waals surface area contributed by atoms with Gasteiger partial charge < -0.3 is 14.5 Å². The van der Waals surface area contributed by atoms with Gasteiger partial charge in [0.1, 0.15) is 23.6 Å². The molecule has 0 saturated carbocycles. The maximum atomic E-state index is 14.8. The van der Waals surface area contributed by atoms with Gasteiger partial charge in [-0.1, -0.05) is 0 Å². The van der Waals surface area contributed by atoms with Crippen molar-refractivity contribution in [3.05, 3.63) is 54.2 Å². The average Bonchev–Trinajstić information content (AvgIpc) is 3.28. The average molecular weight is 393 g/mol. The molecule has 2 amide bonds. The van der Waals surface area contributed by atoms with Crippen molar-refractivity contribution in [2.45, 2.75) is 13.0 Å². The zero-order valence-electron chi connectivity index (χ0n) is 15.4. The Morgan fingerprint density at radius 1 is 1.41 bits per heavy atom. The predicted octanol–water partition coefficient (Wildman–Crippen LogP) is 2.47. The maximum absolute atomic E-state index is 14.8. The van der Waals surface area contributed by atoms with Crippen LogP contribution in [0.5, 0.6) is 0 Å². The van der Waals surface area contributed by atoms with Crippen LogP contribution in [0.2, 0.25) is 0 Å². The number of benzene rings is 1. The number of pyridine rings is 1. The quantitative estimate of drug-likeness (QED) is 0.734. The van der Waals surface area contributed by atoms with Gasteiger partial charge in [0, 0.05) is 24.9 Å².